The molecule has 0 aliphatic carbocycles. The van der Waals surface area contributed by atoms with Crippen LogP contribution in [0.1, 0.15) is 30.5 Å². The van der Waals surface area contributed by atoms with Crippen molar-refractivity contribution < 1.29 is 4.79 Å². The minimum Gasteiger partial charge on any atom is -0.351 e. The second-order valence-corrected chi connectivity index (χ2v) is 5.66. The molecule has 0 bridgehead atoms. The minimum atomic E-state index is -0.523. The van der Waals surface area contributed by atoms with Gasteiger partial charge in [-0.15, -0.1) is 0 Å². The topological polar surface area (TPSA) is 29.1 Å². The molecule has 0 radical (unpaired) electrons. The largest absolute Gasteiger partial charge is 0.351 e. The lowest BCUT2D eigenvalue weighted by Crippen LogP contribution is -2.39. The van der Waals surface area contributed by atoms with E-state index in [9.17, 15) is 4.79 Å². The van der Waals surface area contributed by atoms with Crippen molar-refractivity contribution in [1.29, 1.82) is 0 Å². The molecule has 0 saturated heterocycles. The van der Waals surface area contributed by atoms with E-state index in [-0.39, 0.29) is 5.91 Å². The van der Waals surface area contributed by atoms with Crippen molar-refractivity contribution in [3.8, 4) is 0 Å². The van der Waals surface area contributed by atoms with Crippen LogP contribution in [0.15, 0.2) is 54.6 Å². The van der Waals surface area contributed by atoms with Gasteiger partial charge in [0.1, 0.15) is 0 Å². The lowest BCUT2D eigenvalue weighted by Gasteiger charge is -2.24. The number of hydrogen-bond donors (Lipinski definition) is 1. The summed E-state index contributed by atoms with van der Waals surface area (Å²) in [5, 5.41) is 3.03. The maximum Gasteiger partial charge on any atom is 0.230 e. The number of carbonyl (C=O) groups excluding carboxylic acids is 1. The van der Waals surface area contributed by atoms with Crippen LogP contribution < -0.4 is 5.32 Å². The van der Waals surface area contributed by atoms with Crippen LogP contribution in [0.4, 0.5) is 0 Å². The molecule has 0 atom stereocenters. The van der Waals surface area contributed by atoms with E-state index in [1.807, 2.05) is 56.3 Å². The molecule has 0 heterocycles. The Balaban J connectivity index is 2.05. The van der Waals surface area contributed by atoms with E-state index >= 15 is 0 Å². The van der Waals surface area contributed by atoms with E-state index in [1.54, 1.807) is 0 Å². The standard InChI is InChI=1S/C18H21NO/c1-14-8-7-9-15(12-14)13-19-17(20)18(2,3)16-10-5-4-6-11-16/h4-12H,13H2,1-3H3,(H,19,20). The van der Waals surface area contributed by atoms with E-state index < -0.39 is 5.41 Å². The Kier molecular flexibility index (Phi) is 4.23. The monoisotopic (exact) mass is 267 g/mol. The molecular formula is C18H21NO. The molecule has 0 unspecified atom stereocenters. The summed E-state index contributed by atoms with van der Waals surface area (Å²) in [5.74, 6) is 0.0465. The van der Waals surface area contributed by atoms with E-state index in [0.29, 0.717) is 6.54 Å². The van der Waals surface area contributed by atoms with Crippen LogP contribution in [0, 0.1) is 6.92 Å². The molecule has 2 rings (SSSR count). The highest BCUT2D eigenvalue weighted by Gasteiger charge is 2.29. The molecule has 0 aromatic heterocycles. The Hall–Kier alpha value is -2.09. The summed E-state index contributed by atoms with van der Waals surface area (Å²) in [6.45, 7) is 6.53. The molecule has 2 aromatic rings. The maximum absolute atomic E-state index is 12.4. The molecule has 104 valence electrons. The number of rotatable bonds is 4. The van der Waals surface area contributed by atoms with Gasteiger partial charge in [-0.25, -0.2) is 0 Å². The molecule has 1 amide bonds. The van der Waals surface area contributed by atoms with Gasteiger partial charge in [0, 0.05) is 6.54 Å². The van der Waals surface area contributed by atoms with Gasteiger partial charge in [-0.2, -0.15) is 0 Å². The van der Waals surface area contributed by atoms with Gasteiger partial charge >= 0.3 is 0 Å². The van der Waals surface area contributed by atoms with Crippen LogP contribution in [-0.2, 0) is 16.8 Å². The Bertz CT molecular complexity index is 587. The van der Waals surface area contributed by atoms with Gasteiger partial charge in [-0.3, -0.25) is 4.79 Å². The summed E-state index contributed by atoms with van der Waals surface area (Å²) in [6.07, 6.45) is 0. The van der Waals surface area contributed by atoms with E-state index in [4.69, 9.17) is 0 Å². The van der Waals surface area contributed by atoms with E-state index in [2.05, 4.69) is 24.4 Å². The normalized spacial score (nSPS) is 11.2. The summed E-state index contributed by atoms with van der Waals surface area (Å²) in [7, 11) is 0. The van der Waals surface area contributed by atoms with Crippen LogP contribution in [0.2, 0.25) is 0 Å². The molecule has 0 fully saturated rings. The molecule has 0 aliphatic rings. The second kappa shape index (κ2) is 5.91. The number of nitrogens with one attached hydrogen (secondary N) is 1. The lowest BCUT2D eigenvalue weighted by molar-refractivity contribution is -0.125. The number of carbonyl (C=O) groups is 1. The lowest BCUT2D eigenvalue weighted by atomic mass is 9.84. The molecule has 2 heteroatoms. The van der Waals surface area contributed by atoms with Crippen LogP contribution in [-0.4, -0.2) is 5.91 Å². The third-order valence-corrected chi connectivity index (χ3v) is 3.60. The predicted octanol–water partition coefficient (Wildman–Crippen LogP) is 3.59. The van der Waals surface area contributed by atoms with Gasteiger partial charge in [0.05, 0.1) is 5.41 Å². The van der Waals surface area contributed by atoms with E-state index in [1.165, 1.54) is 5.56 Å². The molecule has 1 N–H and O–H groups in total. The molecular weight excluding hydrogens is 246 g/mol. The summed E-state index contributed by atoms with van der Waals surface area (Å²) in [5.41, 5.74) is 2.84. The third-order valence-electron chi connectivity index (χ3n) is 3.60. The van der Waals surface area contributed by atoms with Gasteiger partial charge in [-0.05, 0) is 31.9 Å². The Morgan fingerprint density at radius 2 is 1.75 bits per heavy atom. The van der Waals surface area contributed by atoms with Crippen LogP contribution >= 0.6 is 0 Å². The molecule has 2 nitrogen and oxygen atoms in total. The summed E-state index contributed by atoms with van der Waals surface area (Å²) >= 11 is 0. The van der Waals surface area contributed by atoms with Gasteiger partial charge in [0.25, 0.3) is 0 Å². The van der Waals surface area contributed by atoms with Crippen molar-refractivity contribution in [3.63, 3.8) is 0 Å². The smallest absolute Gasteiger partial charge is 0.230 e. The van der Waals surface area contributed by atoms with Gasteiger partial charge in [0.2, 0.25) is 5.91 Å². The molecule has 0 saturated carbocycles. The SMILES string of the molecule is Cc1cccc(CNC(=O)C(C)(C)c2ccccc2)c1. The summed E-state index contributed by atoms with van der Waals surface area (Å²) in [6, 6.07) is 18.1. The van der Waals surface area contributed by atoms with Crippen LogP contribution in [0.5, 0.6) is 0 Å². The minimum absolute atomic E-state index is 0.0465. The Labute approximate surface area is 120 Å². The number of aryl methyl sites for hydroxylation is 1. The number of benzene rings is 2. The van der Waals surface area contributed by atoms with Crippen molar-refractivity contribution >= 4 is 5.91 Å². The van der Waals surface area contributed by atoms with Crippen LogP contribution in [0.3, 0.4) is 0 Å². The van der Waals surface area contributed by atoms with Gasteiger partial charge < -0.3 is 5.32 Å². The third kappa shape index (κ3) is 3.27. The van der Waals surface area contributed by atoms with Crippen molar-refractivity contribution in [2.45, 2.75) is 32.7 Å². The first-order chi connectivity index (χ1) is 9.50. The highest BCUT2D eigenvalue weighted by Crippen LogP contribution is 2.23. The highest BCUT2D eigenvalue weighted by molar-refractivity contribution is 5.87. The van der Waals surface area contributed by atoms with Crippen LogP contribution in [0.25, 0.3) is 0 Å². The molecule has 20 heavy (non-hydrogen) atoms. The van der Waals surface area contributed by atoms with Gasteiger partial charge in [0.15, 0.2) is 0 Å². The van der Waals surface area contributed by atoms with Gasteiger partial charge in [-0.1, -0.05) is 60.2 Å². The zero-order valence-corrected chi connectivity index (χ0v) is 12.3. The fourth-order valence-corrected chi connectivity index (χ4v) is 2.21. The van der Waals surface area contributed by atoms with Crippen molar-refractivity contribution in [2.75, 3.05) is 0 Å². The molecule has 0 aliphatic heterocycles. The van der Waals surface area contributed by atoms with Crippen molar-refractivity contribution in [3.05, 3.63) is 71.3 Å². The van der Waals surface area contributed by atoms with E-state index in [0.717, 1.165) is 11.1 Å². The first-order valence-corrected chi connectivity index (χ1v) is 6.89. The zero-order valence-electron chi connectivity index (χ0n) is 12.3. The Morgan fingerprint density at radius 1 is 1.05 bits per heavy atom. The average molecular weight is 267 g/mol. The molecule has 0 spiro atoms. The van der Waals surface area contributed by atoms with Crippen molar-refractivity contribution in [2.24, 2.45) is 0 Å². The molecule has 2 aromatic carbocycles. The predicted molar refractivity (Wildman–Crippen MR) is 82.5 cm³/mol. The highest BCUT2D eigenvalue weighted by atomic mass is 16.2. The van der Waals surface area contributed by atoms with Crippen molar-refractivity contribution in [1.82, 2.24) is 5.32 Å². The first kappa shape index (κ1) is 14.3. The average Bonchev–Trinajstić information content (AvgIpc) is 2.45. The number of hydrogen-bond acceptors (Lipinski definition) is 1. The quantitative estimate of drug-likeness (QED) is 0.901. The number of amides is 1. The first-order valence-electron chi connectivity index (χ1n) is 6.89. The second-order valence-electron chi connectivity index (χ2n) is 5.66. The maximum atomic E-state index is 12.4. The fourth-order valence-electron chi connectivity index (χ4n) is 2.21. The summed E-state index contributed by atoms with van der Waals surface area (Å²) in [4.78, 5) is 12.4. The summed E-state index contributed by atoms with van der Waals surface area (Å²) < 4.78 is 0. The Morgan fingerprint density at radius 3 is 2.40 bits per heavy atom. The fraction of sp³-hybridized carbons (Fsp3) is 0.278. The zero-order chi connectivity index (χ0) is 14.6.